The van der Waals surface area contributed by atoms with Gasteiger partial charge in [-0.15, -0.1) is 12.4 Å². The zero-order chi connectivity index (χ0) is 16.2. The third-order valence-corrected chi connectivity index (χ3v) is 5.29. The molecule has 5 rings (SSSR count). The molecule has 3 nitrogen and oxygen atoms in total. The molecule has 3 heterocycles. The molecule has 134 valence electrons. The summed E-state index contributed by atoms with van der Waals surface area (Å²) in [6.07, 6.45) is 5.31. The van der Waals surface area contributed by atoms with Gasteiger partial charge in [0.15, 0.2) is 0 Å². The first-order chi connectivity index (χ1) is 11.9. The number of hydrogen-bond acceptors (Lipinski definition) is 3. The van der Waals surface area contributed by atoms with Gasteiger partial charge >= 0.3 is 0 Å². The summed E-state index contributed by atoms with van der Waals surface area (Å²) < 4.78 is 11.7. The van der Waals surface area contributed by atoms with Gasteiger partial charge in [0.1, 0.15) is 17.2 Å². The number of piperidine rings is 3. The van der Waals surface area contributed by atoms with Crippen LogP contribution in [0.15, 0.2) is 54.6 Å². The van der Waals surface area contributed by atoms with Crippen LogP contribution in [0.4, 0.5) is 0 Å². The minimum Gasteiger partial charge on any atom is -0.494 e. The summed E-state index contributed by atoms with van der Waals surface area (Å²) in [5.74, 6) is 3.58. The summed E-state index contributed by atoms with van der Waals surface area (Å²) in [4.78, 5) is 2.65. The predicted molar refractivity (Wildman–Crippen MR) is 103 cm³/mol. The van der Waals surface area contributed by atoms with Crippen LogP contribution in [0.3, 0.4) is 0 Å². The van der Waals surface area contributed by atoms with Crippen molar-refractivity contribution in [3.8, 4) is 17.2 Å². The van der Waals surface area contributed by atoms with E-state index >= 15 is 0 Å². The fourth-order valence-corrected chi connectivity index (χ4v) is 3.93. The Kier molecular flexibility index (Phi) is 6.22. The lowest BCUT2D eigenvalue weighted by molar-refractivity contribution is 0.0380. The Morgan fingerprint density at radius 1 is 0.840 bits per heavy atom. The number of para-hydroxylation sites is 1. The Morgan fingerprint density at radius 2 is 1.48 bits per heavy atom. The Bertz CT molecular complexity index is 639. The maximum atomic E-state index is 5.94. The van der Waals surface area contributed by atoms with Crippen LogP contribution in [0.5, 0.6) is 17.2 Å². The first-order valence-corrected chi connectivity index (χ1v) is 9.06. The SMILES string of the molecule is Cl.c1ccc(Oc2ccc(OCCC3CC4CCN3CC4)cc2)cc1. The van der Waals surface area contributed by atoms with Gasteiger partial charge in [0.05, 0.1) is 6.61 Å². The van der Waals surface area contributed by atoms with Crippen LogP contribution >= 0.6 is 12.4 Å². The van der Waals surface area contributed by atoms with E-state index in [0.717, 1.165) is 42.2 Å². The van der Waals surface area contributed by atoms with Crippen molar-refractivity contribution in [3.63, 3.8) is 0 Å². The fourth-order valence-electron chi connectivity index (χ4n) is 3.93. The molecule has 1 atom stereocenters. The van der Waals surface area contributed by atoms with Gasteiger partial charge in [-0.1, -0.05) is 18.2 Å². The molecule has 2 aromatic rings. The lowest BCUT2D eigenvalue weighted by Crippen LogP contribution is -2.49. The zero-order valence-corrected chi connectivity index (χ0v) is 15.3. The topological polar surface area (TPSA) is 21.7 Å². The number of ether oxygens (including phenoxy) is 2. The van der Waals surface area contributed by atoms with Gasteiger partial charge in [0.25, 0.3) is 0 Å². The van der Waals surface area contributed by atoms with Gasteiger partial charge < -0.3 is 14.4 Å². The minimum absolute atomic E-state index is 0. The van der Waals surface area contributed by atoms with E-state index < -0.39 is 0 Å². The van der Waals surface area contributed by atoms with Gasteiger partial charge in [-0.25, -0.2) is 0 Å². The van der Waals surface area contributed by atoms with E-state index in [1.807, 2.05) is 54.6 Å². The zero-order valence-electron chi connectivity index (χ0n) is 14.5. The number of halogens is 1. The molecule has 0 aromatic heterocycles. The summed E-state index contributed by atoms with van der Waals surface area (Å²) in [5, 5.41) is 0. The Morgan fingerprint density at radius 3 is 2.12 bits per heavy atom. The molecular weight excluding hydrogens is 334 g/mol. The van der Waals surface area contributed by atoms with Crippen molar-refractivity contribution in [1.82, 2.24) is 4.90 Å². The average molecular weight is 360 g/mol. The lowest BCUT2D eigenvalue weighted by Gasteiger charge is -2.45. The molecule has 25 heavy (non-hydrogen) atoms. The van der Waals surface area contributed by atoms with Crippen LogP contribution in [0.25, 0.3) is 0 Å². The van der Waals surface area contributed by atoms with Crippen LogP contribution in [-0.4, -0.2) is 30.6 Å². The Balaban J connectivity index is 0.00000182. The smallest absolute Gasteiger partial charge is 0.127 e. The monoisotopic (exact) mass is 359 g/mol. The van der Waals surface area contributed by atoms with E-state index in [-0.39, 0.29) is 12.4 Å². The second-order valence-corrected chi connectivity index (χ2v) is 6.89. The van der Waals surface area contributed by atoms with Crippen molar-refractivity contribution >= 4 is 12.4 Å². The normalized spacial score (nSPS) is 24.4. The van der Waals surface area contributed by atoms with Crippen molar-refractivity contribution < 1.29 is 9.47 Å². The molecule has 3 aliphatic heterocycles. The van der Waals surface area contributed by atoms with E-state index in [1.54, 1.807) is 0 Å². The molecule has 3 saturated heterocycles. The van der Waals surface area contributed by atoms with Crippen molar-refractivity contribution in [2.24, 2.45) is 5.92 Å². The molecule has 4 heteroatoms. The molecule has 2 bridgehead atoms. The van der Waals surface area contributed by atoms with Gasteiger partial charge in [0, 0.05) is 6.04 Å². The van der Waals surface area contributed by atoms with Crippen LogP contribution in [0.1, 0.15) is 25.7 Å². The van der Waals surface area contributed by atoms with Crippen molar-refractivity contribution in [2.45, 2.75) is 31.7 Å². The van der Waals surface area contributed by atoms with Gasteiger partial charge in [0.2, 0.25) is 0 Å². The largest absolute Gasteiger partial charge is 0.494 e. The molecule has 0 N–H and O–H groups in total. The van der Waals surface area contributed by atoms with Gasteiger partial charge in [-0.05, 0) is 81.1 Å². The van der Waals surface area contributed by atoms with Crippen molar-refractivity contribution in [3.05, 3.63) is 54.6 Å². The highest BCUT2D eigenvalue weighted by Crippen LogP contribution is 2.33. The maximum absolute atomic E-state index is 5.94. The Hall–Kier alpha value is -1.71. The molecule has 0 radical (unpaired) electrons. The van der Waals surface area contributed by atoms with E-state index in [1.165, 1.54) is 32.4 Å². The highest BCUT2D eigenvalue weighted by atomic mass is 35.5. The number of benzene rings is 2. The van der Waals surface area contributed by atoms with Crippen LogP contribution in [-0.2, 0) is 0 Å². The van der Waals surface area contributed by atoms with Crippen LogP contribution in [0, 0.1) is 5.92 Å². The van der Waals surface area contributed by atoms with Gasteiger partial charge in [-0.3, -0.25) is 0 Å². The third kappa shape index (κ3) is 4.68. The molecule has 3 fully saturated rings. The Labute approximate surface area is 156 Å². The molecule has 0 spiro atoms. The summed E-state index contributed by atoms with van der Waals surface area (Å²) in [6.45, 7) is 3.38. The van der Waals surface area contributed by atoms with E-state index in [2.05, 4.69) is 4.90 Å². The van der Waals surface area contributed by atoms with E-state index in [0.29, 0.717) is 0 Å². The summed E-state index contributed by atoms with van der Waals surface area (Å²) >= 11 is 0. The standard InChI is InChI=1S/C21H25NO2.ClH/c1-2-4-20(5-3-1)24-21-8-6-19(7-9-21)23-15-12-18-16-17-10-13-22(18)14-11-17;/h1-9,17-18H,10-16H2;1H. The first-order valence-electron chi connectivity index (χ1n) is 9.06. The van der Waals surface area contributed by atoms with E-state index in [9.17, 15) is 0 Å². The second kappa shape index (κ2) is 8.59. The molecule has 2 aromatic carbocycles. The summed E-state index contributed by atoms with van der Waals surface area (Å²) in [7, 11) is 0. The highest BCUT2D eigenvalue weighted by molar-refractivity contribution is 5.85. The van der Waals surface area contributed by atoms with Crippen molar-refractivity contribution in [1.29, 1.82) is 0 Å². The molecule has 1 unspecified atom stereocenters. The van der Waals surface area contributed by atoms with Crippen LogP contribution in [0.2, 0.25) is 0 Å². The number of fused-ring (bicyclic) bond motifs is 3. The molecule has 3 aliphatic rings. The predicted octanol–water partition coefficient (Wildman–Crippen LogP) is 5.15. The van der Waals surface area contributed by atoms with Crippen molar-refractivity contribution in [2.75, 3.05) is 19.7 Å². The van der Waals surface area contributed by atoms with E-state index in [4.69, 9.17) is 9.47 Å². The number of hydrogen-bond donors (Lipinski definition) is 0. The summed E-state index contributed by atoms with van der Waals surface area (Å²) in [5.41, 5.74) is 0. The highest BCUT2D eigenvalue weighted by Gasteiger charge is 2.32. The number of rotatable bonds is 6. The minimum atomic E-state index is 0. The number of nitrogens with zero attached hydrogens (tertiary/aromatic N) is 1. The van der Waals surface area contributed by atoms with Gasteiger partial charge in [-0.2, -0.15) is 0 Å². The first kappa shape index (κ1) is 18.1. The quantitative estimate of drug-likeness (QED) is 0.711. The molecule has 0 aliphatic carbocycles. The molecule has 0 amide bonds. The molecule has 0 saturated carbocycles. The average Bonchev–Trinajstić information content (AvgIpc) is 2.65. The molecular formula is C21H26ClNO2. The summed E-state index contributed by atoms with van der Waals surface area (Å²) in [6, 6.07) is 18.5. The lowest BCUT2D eigenvalue weighted by atomic mass is 9.82. The maximum Gasteiger partial charge on any atom is 0.127 e. The third-order valence-electron chi connectivity index (χ3n) is 5.29. The fraction of sp³-hybridized carbons (Fsp3) is 0.429. The second-order valence-electron chi connectivity index (χ2n) is 6.89. The van der Waals surface area contributed by atoms with Crippen LogP contribution < -0.4 is 9.47 Å².